The number of aliphatic hydroxyl groups excluding tert-OH is 2. The summed E-state index contributed by atoms with van der Waals surface area (Å²) in [5, 5.41) is 22.1. The number of carbonyl (C=O) groups is 1. The van der Waals surface area contributed by atoms with Crippen molar-refractivity contribution in [1.29, 1.82) is 0 Å². The third-order valence-corrected chi connectivity index (χ3v) is 4.19. The number of nitrogens with one attached hydrogen (secondary N) is 1. The van der Waals surface area contributed by atoms with Gasteiger partial charge in [-0.3, -0.25) is 9.78 Å². The highest BCUT2D eigenvalue weighted by Gasteiger charge is 2.33. The summed E-state index contributed by atoms with van der Waals surface area (Å²) in [7, 11) is 0. The molecule has 2 aromatic heterocycles. The summed E-state index contributed by atoms with van der Waals surface area (Å²) >= 11 is 0. The molecule has 1 aliphatic heterocycles. The first-order chi connectivity index (χ1) is 12.1. The molecule has 0 aliphatic carbocycles. The molecule has 1 amide bonds. The molecule has 0 saturated carbocycles. The predicted molar refractivity (Wildman–Crippen MR) is 88.7 cm³/mol. The fourth-order valence-corrected chi connectivity index (χ4v) is 2.76. The lowest BCUT2D eigenvalue weighted by Crippen LogP contribution is -2.54. The normalized spacial score (nSPS) is 23.2. The Morgan fingerprint density at radius 2 is 2.28 bits per heavy atom. The topological polar surface area (TPSA) is 117 Å². The lowest BCUT2D eigenvalue weighted by atomic mass is 9.99. The minimum absolute atomic E-state index is 0.296. The predicted octanol–water partition coefficient (Wildman–Crippen LogP) is 0.0875. The molecule has 3 atom stereocenters. The van der Waals surface area contributed by atoms with E-state index < -0.39 is 18.2 Å². The number of aryl methyl sites for hydroxylation is 1. The van der Waals surface area contributed by atoms with Gasteiger partial charge >= 0.3 is 0 Å². The molecule has 1 fully saturated rings. The van der Waals surface area contributed by atoms with Gasteiger partial charge in [0.1, 0.15) is 12.2 Å². The van der Waals surface area contributed by atoms with Gasteiger partial charge in [0.15, 0.2) is 5.82 Å². The van der Waals surface area contributed by atoms with Crippen molar-refractivity contribution in [3.63, 3.8) is 0 Å². The van der Waals surface area contributed by atoms with Crippen molar-refractivity contribution >= 4 is 5.91 Å². The van der Waals surface area contributed by atoms with Crippen LogP contribution in [-0.4, -0.2) is 62.5 Å². The lowest BCUT2D eigenvalue weighted by Gasteiger charge is -2.34. The summed E-state index contributed by atoms with van der Waals surface area (Å²) in [4.78, 5) is 25.1. The van der Waals surface area contributed by atoms with Crippen molar-refractivity contribution in [3.8, 4) is 11.4 Å². The smallest absolute Gasteiger partial charge is 0.255 e. The molecule has 8 heteroatoms. The highest BCUT2D eigenvalue weighted by atomic mass is 16.5. The van der Waals surface area contributed by atoms with E-state index in [1.54, 1.807) is 25.4 Å². The molecule has 1 saturated heterocycles. The highest BCUT2D eigenvalue weighted by molar-refractivity contribution is 5.95. The standard InChI is InChI=1S/C17H20N4O4/c1-10-12(8-19-16(20-10)11-3-2-5-18-7-11)17(24)21-13-4-6-25-14(9-22)15(13)23/h2-3,5,7-8,13-15,22-23H,4,6,9H2,1H3,(H,21,24)/t13-,14+,15-/m0/s1. The number of carbonyl (C=O) groups excluding carboxylic acids is 1. The molecule has 0 radical (unpaired) electrons. The summed E-state index contributed by atoms with van der Waals surface area (Å²) in [5.74, 6) is 0.131. The van der Waals surface area contributed by atoms with Crippen LogP contribution in [0.1, 0.15) is 22.5 Å². The SMILES string of the molecule is Cc1nc(-c2cccnc2)ncc1C(=O)N[C@H]1CCO[C@H](CO)[C@H]1O. The Bertz CT molecular complexity index is 741. The maximum atomic E-state index is 12.5. The molecule has 2 aromatic rings. The molecule has 1 aliphatic rings. The number of hydrogen-bond donors (Lipinski definition) is 3. The third-order valence-electron chi connectivity index (χ3n) is 4.19. The van der Waals surface area contributed by atoms with Crippen molar-refractivity contribution in [3.05, 3.63) is 42.0 Å². The van der Waals surface area contributed by atoms with Crippen LogP contribution in [-0.2, 0) is 4.74 Å². The van der Waals surface area contributed by atoms with Gasteiger partial charge < -0.3 is 20.3 Å². The van der Waals surface area contributed by atoms with Crippen LogP contribution in [0.15, 0.2) is 30.7 Å². The van der Waals surface area contributed by atoms with E-state index in [0.717, 1.165) is 5.56 Å². The van der Waals surface area contributed by atoms with Crippen molar-refractivity contribution in [2.45, 2.75) is 31.6 Å². The fourth-order valence-electron chi connectivity index (χ4n) is 2.76. The summed E-state index contributed by atoms with van der Waals surface area (Å²) < 4.78 is 5.26. The monoisotopic (exact) mass is 344 g/mol. The first kappa shape index (κ1) is 17.4. The van der Waals surface area contributed by atoms with Gasteiger partial charge in [0.05, 0.1) is 23.9 Å². The molecular formula is C17H20N4O4. The Morgan fingerprint density at radius 3 is 2.96 bits per heavy atom. The number of pyridine rings is 1. The average molecular weight is 344 g/mol. The molecule has 0 aromatic carbocycles. The van der Waals surface area contributed by atoms with E-state index >= 15 is 0 Å². The maximum absolute atomic E-state index is 12.5. The van der Waals surface area contributed by atoms with Crippen LogP contribution in [0.4, 0.5) is 0 Å². The van der Waals surface area contributed by atoms with Crippen LogP contribution in [0.2, 0.25) is 0 Å². The zero-order valence-corrected chi connectivity index (χ0v) is 13.8. The number of nitrogens with zero attached hydrogens (tertiary/aromatic N) is 3. The van der Waals surface area contributed by atoms with Gasteiger partial charge in [0, 0.05) is 30.8 Å². The summed E-state index contributed by atoms with van der Waals surface area (Å²) in [6.45, 7) is 1.80. The molecule has 8 nitrogen and oxygen atoms in total. The van der Waals surface area contributed by atoms with Gasteiger partial charge in [0.25, 0.3) is 5.91 Å². The first-order valence-electron chi connectivity index (χ1n) is 8.05. The zero-order chi connectivity index (χ0) is 17.8. The van der Waals surface area contributed by atoms with E-state index in [1.807, 2.05) is 6.07 Å². The van der Waals surface area contributed by atoms with E-state index in [-0.39, 0.29) is 12.5 Å². The summed E-state index contributed by atoms with van der Waals surface area (Å²) in [6, 6.07) is 3.14. The summed E-state index contributed by atoms with van der Waals surface area (Å²) in [6.07, 6.45) is 3.61. The maximum Gasteiger partial charge on any atom is 0.255 e. The number of aromatic nitrogens is 3. The summed E-state index contributed by atoms with van der Waals surface area (Å²) in [5.41, 5.74) is 1.64. The Balaban J connectivity index is 1.74. The molecule has 3 heterocycles. The van der Waals surface area contributed by atoms with Gasteiger partial charge in [0.2, 0.25) is 0 Å². The number of rotatable bonds is 4. The second-order valence-corrected chi connectivity index (χ2v) is 5.89. The minimum atomic E-state index is -0.960. The molecule has 3 rings (SSSR count). The van der Waals surface area contributed by atoms with Crippen molar-refractivity contribution < 1.29 is 19.7 Å². The van der Waals surface area contributed by atoms with Gasteiger partial charge in [-0.05, 0) is 25.5 Å². The van der Waals surface area contributed by atoms with Gasteiger partial charge in [-0.25, -0.2) is 9.97 Å². The van der Waals surface area contributed by atoms with Crippen LogP contribution >= 0.6 is 0 Å². The van der Waals surface area contributed by atoms with Gasteiger partial charge in [-0.2, -0.15) is 0 Å². The second-order valence-electron chi connectivity index (χ2n) is 5.89. The van der Waals surface area contributed by atoms with E-state index in [0.29, 0.717) is 30.1 Å². The molecule has 3 N–H and O–H groups in total. The van der Waals surface area contributed by atoms with Gasteiger partial charge in [-0.1, -0.05) is 0 Å². The first-order valence-corrected chi connectivity index (χ1v) is 8.05. The van der Waals surface area contributed by atoms with E-state index in [1.165, 1.54) is 6.20 Å². The molecule has 0 unspecified atom stereocenters. The number of aliphatic hydroxyl groups is 2. The molecular weight excluding hydrogens is 324 g/mol. The molecule has 0 spiro atoms. The Morgan fingerprint density at radius 1 is 1.44 bits per heavy atom. The quantitative estimate of drug-likeness (QED) is 0.719. The Kier molecular flexibility index (Phi) is 5.32. The highest BCUT2D eigenvalue weighted by Crippen LogP contribution is 2.17. The Hall–Kier alpha value is -2.42. The minimum Gasteiger partial charge on any atom is -0.394 e. The second kappa shape index (κ2) is 7.64. The molecule has 25 heavy (non-hydrogen) atoms. The average Bonchev–Trinajstić information content (AvgIpc) is 2.64. The van der Waals surface area contributed by atoms with Gasteiger partial charge in [-0.15, -0.1) is 0 Å². The van der Waals surface area contributed by atoms with E-state index in [2.05, 4.69) is 20.3 Å². The van der Waals surface area contributed by atoms with Crippen LogP contribution in [0, 0.1) is 6.92 Å². The number of hydrogen-bond acceptors (Lipinski definition) is 7. The lowest BCUT2D eigenvalue weighted by molar-refractivity contribution is -0.107. The van der Waals surface area contributed by atoms with Crippen LogP contribution in [0.3, 0.4) is 0 Å². The van der Waals surface area contributed by atoms with Crippen molar-refractivity contribution in [2.24, 2.45) is 0 Å². The molecule has 0 bridgehead atoms. The van der Waals surface area contributed by atoms with Crippen LogP contribution in [0.25, 0.3) is 11.4 Å². The van der Waals surface area contributed by atoms with Crippen LogP contribution < -0.4 is 5.32 Å². The van der Waals surface area contributed by atoms with Crippen molar-refractivity contribution in [2.75, 3.05) is 13.2 Å². The number of amides is 1. The zero-order valence-electron chi connectivity index (χ0n) is 13.8. The molecule has 132 valence electrons. The third kappa shape index (κ3) is 3.81. The van der Waals surface area contributed by atoms with Crippen molar-refractivity contribution in [1.82, 2.24) is 20.3 Å². The fraction of sp³-hybridized carbons (Fsp3) is 0.412. The van der Waals surface area contributed by atoms with Crippen LogP contribution in [0.5, 0.6) is 0 Å². The largest absolute Gasteiger partial charge is 0.394 e. The Labute approximate surface area is 144 Å². The number of ether oxygens (including phenoxy) is 1. The van der Waals surface area contributed by atoms with E-state index in [9.17, 15) is 15.0 Å². The van der Waals surface area contributed by atoms with E-state index in [4.69, 9.17) is 4.74 Å².